The Morgan fingerprint density at radius 1 is 0.500 bits per heavy atom. The average Bonchev–Trinajstić information content (AvgIpc) is 3.72. The quantitative estimate of drug-likeness (QED) is 0.0913. The molecular formula is C52H37N2OP. The second-order valence-corrected chi connectivity index (χ2v) is 17.2. The van der Waals surface area contributed by atoms with E-state index in [9.17, 15) is 0 Å². The van der Waals surface area contributed by atoms with Crippen LogP contribution in [0.3, 0.4) is 0 Å². The molecule has 266 valence electrons. The Hall–Kier alpha value is -6.67. The van der Waals surface area contributed by atoms with E-state index in [4.69, 9.17) is 4.99 Å². The molecule has 0 bridgehead atoms. The smallest absolute Gasteiger partial charge is 0.171 e. The zero-order valence-electron chi connectivity index (χ0n) is 30.7. The Kier molecular flexibility index (Phi) is 8.20. The highest BCUT2D eigenvalue weighted by Crippen LogP contribution is 2.62. The molecule has 0 heterocycles. The van der Waals surface area contributed by atoms with Crippen molar-refractivity contribution in [2.75, 3.05) is 0 Å². The number of nitrogens with zero attached hydrogens (tertiary/aromatic N) is 2. The van der Waals surface area contributed by atoms with E-state index < -0.39 is 12.6 Å². The summed E-state index contributed by atoms with van der Waals surface area (Å²) in [4.78, 5) is 10.1. The largest absolute Gasteiger partial charge is 0.309 e. The van der Waals surface area contributed by atoms with Crippen molar-refractivity contribution in [3.63, 3.8) is 0 Å². The average molecular weight is 737 g/mol. The van der Waals surface area contributed by atoms with Crippen LogP contribution in [-0.2, 0) is 16.4 Å². The van der Waals surface area contributed by atoms with Gasteiger partial charge in [-0.25, -0.2) is 9.98 Å². The van der Waals surface area contributed by atoms with Crippen molar-refractivity contribution in [1.82, 2.24) is 0 Å². The van der Waals surface area contributed by atoms with Gasteiger partial charge in [0.1, 0.15) is 0 Å². The Morgan fingerprint density at radius 2 is 0.982 bits per heavy atom. The monoisotopic (exact) mass is 736 g/mol. The maximum absolute atomic E-state index is 15.2. The molecule has 10 rings (SSSR count). The van der Waals surface area contributed by atoms with Crippen LogP contribution in [0.5, 0.6) is 0 Å². The highest BCUT2D eigenvalue weighted by atomic mass is 31.2. The molecule has 1 spiro atoms. The topological polar surface area (TPSA) is 41.8 Å². The highest BCUT2D eigenvalue weighted by Gasteiger charge is 2.53. The standard InChI is InChI=1S/C52H37N2OP/c1-53-51(37-31-33-41(34-32-37)56(55,39-20-4-2-5-21-39)40-22-6-3-7-23-40)54-50-45-27-12-15-30-48(45)52(46-28-13-10-25-43(46)44-26-11-14-29-47(44)52)49(50)35-38-19-16-18-36-17-8-9-24-42(36)38/h2-34H,1,35H2/b54-51-. The minimum Gasteiger partial charge on any atom is -0.309 e. The van der Waals surface area contributed by atoms with E-state index in [1.807, 2.05) is 84.9 Å². The summed E-state index contributed by atoms with van der Waals surface area (Å²) in [5.41, 5.74) is 10.9. The number of fused-ring (bicyclic) bond motifs is 8. The predicted octanol–water partition coefficient (Wildman–Crippen LogP) is 10.9. The third-order valence-electron chi connectivity index (χ3n) is 11.6. The summed E-state index contributed by atoms with van der Waals surface area (Å²) in [7, 11) is -3.15. The Bertz CT molecular complexity index is 2830. The second kappa shape index (κ2) is 13.6. The lowest BCUT2D eigenvalue weighted by molar-refractivity contribution is 0.592. The Morgan fingerprint density at radius 3 is 1.59 bits per heavy atom. The van der Waals surface area contributed by atoms with Crippen LogP contribution in [0.2, 0.25) is 0 Å². The van der Waals surface area contributed by atoms with Gasteiger partial charge in [0.25, 0.3) is 0 Å². The van der Waals surface area contributed by atoms with Gasteiger partial charge in [0.05, 0.1) is 11.1 Å². The summed E-state index contributed by atoms with van der Waals surface area (Å²) in [5.74, 6) is 0.516. The van der Waals surface area contributed by atoms with Gasteiger partial charge in [-0.1, -0.05) is 200 Å². The number of benzene rings is 8. The van der Waals surface area contributed by atoms with Crippen molar-refractivity contribution >= 4 is 52.1 Å². The van der Waals surface area contributed by atoms with Crippen molar-refractivity contribution in [3.8, 4) is 11.1 Å². The van der Waals surface area contributed by atoms with E-state index in [1.165, 1.54) is 49.7 Å². The lowest BCUT2D eigenvalue weighted by Crippen LogP contribution is -2.28. The van der Waals surface area contributed by atoms with Crippen LogP contribution in [0.25, 0.3) is 27.6 Å². The fourth-order valence-corrected chi connectivity index (χ4v) is 11.8. The molecule has 2 aliphatic carbocycles. The van der Waals surface area contributed by atoms with Crippen LogP contribution in [0, 0.1) is 0 Å². The van der Waals surface area contributed by atoms with Crippen LogP contribution in [0.1, 0.15) is 33.4 Å². The number of amidine groups is 1. The van der Waals surface area contributed by atoms with Crippen molar-refractivity contribution in [2.24, 2.45) is 9.98 Å². The Labute approximate surface area is 327 Å². The van der Waals surface area contributed by atoms with Crippen molar-refractivity contribution in [1.29, 1.82) is 0 Å². The molecule has 8 aromatic carbocycles. The minimum absolute atomic E-state index is 0.516. The highest BCUT2D eigenvalue weighted by molar-refractivity contribution is 7.85. The summed E-state index contributed by atoms with van der Waals surface area (Å²) in [6.45, 7) is 4.05. The van der Waals surface area contributed by atoms with Crippen molar-refractivity contribution in [2.45, 2.75) is 11.8 Å². The molecule has 0 unspecified atom stereocenters. The summed E-state index contributed by atoms with van der Waals surface area (Å²) >= 11 is 0. The number of allylic oxidation sites excluding steroid dienone is 1. The number of hydrogen-bond donors (Lipinski definition) is 0. The SMILES string of the molecule is C=N/C(=N\C1=C(Cc2cccc3ccccc23)C2(c3ccccc31)c1ccccc1-c1ccccc12)c1ccc(P(=O)(c2ccccc2)c2ccccc2)cc1. The van der Waals surface area contributed by atoms with E-state index in [0.29, 0.717) is 12.3 Å². The third kappa shape index (κ3) is 5.09. The molecule has 2 aliphatic rings. The molecule has 0 radical (unpaired) electrons. The van der Waals surface area contributed by atoms with Gasteiger partial charge >= 0.3 is 0 Å². The number of rotatable bonds is 7. The summed E-state index contributed by atoms with van der Waals surface area (Å²) in [6.07, 6.45) is 0.679. The van der Waals surface area contributed by atoms with Gasteiger partial charge in [-0.2, -0.15) is 0 Å². The van der Waals surface area contributed by atoms with Crippen molar-refractivity contribution < 1.29 is 4.57 Å². The van der Waals surface area contributed by atoms with Gasteiger partial charge < -0.3 is 4.57 Å². The second-order valence-electron chi connectivity index (χ2n) is 14.4. The zero-order valence-corrected chi connectivity index (χ0v) is 31.6. The lowest BCUT2D eigenvalue weighted by atomic mass is 9.68. The molecular weight excluding hydrogens is 700 g/mol. The first-order chi connectivity index (χ1) is 27.6. The van der Waals surface area contributed by atoms with Crippen LogP contribution >= 0.6 is 7.14 Å². The van der Waals surface area contributed by atoms with Crippen LogP contribution < -0.4 is 15.9 Å². The lowest BCUT2D eigenvalue weighted by Gasteiger charge is -2.33. The Balaban J connectivity index is 1.20. The van der Waals surface area contributed by atoms with Crippen molar-refractivity contribution in [3.05, 3.63) is 239 Å². The molecule has 0 N–H and O–H groups in total. The van der Waals surface area contributed by atoms with E-state index in [0.717, 1.165) is 32.7 Å². The summed E-state index contributed by atoms with van der Waals surface area (Å²) < 4.78 is 15.2. The van der Waals surface area contributed by atoms with Gasteiger partial charge in [0.2, 0.25) is 0 Å². The van der Waals surface area contributed by atoms with E-state index in [-0.39, 0.29) is 0 Å². The molecule has 0 aliphatic heterocycles. The molecule has 3 nitrogen and oxygen atoms in total. The normalized spacial score (nSPS) is 14.1. The molecule has 0 fully saturated rings. The molecule has 0 amide bonds. The maximum atomic E-state index is 15.2. The van der Waals surface area contributed by atoms with Gasteiger partial charge in [-0.3, -0.25) is 0 Å². The van der Waals surface area contributed by atoms with E-state index in [1.54, 1.807) is 0 Å². The molecule has 0 atom stereocenters. The first-order valence-electron chi connectivity index (χ1n) is 19.0. The molecule has 0 saturated carbocycles. The van der Waals surface area contributed by atoms with Gasteiger partial charge in [0.15, 0.2) is 13.0 Å². The fraction of sp³-hybridized carbons (Fsp3) is 0.0385. The van der Waals surface area contributed by atoms with Crippen LogP contribution in [0.15, 0.2) is 216 Å². The number of hydrogen-bond acceptors (Lipinski definition) is 2. The predicted molar refractivity (Wildman–Crippen MR) is 235 cm³/mol. The van der Waals surface area contributed by atoms with Gasteiger partial charge in [-0.05, 0) is 62.9 Å². The van der Waals surface area contributed by atoms with Crippen LogP contribution in [0.4, 0.5) is 0 Å². The first-order valence-corrected chi connectivity index (χ1v) is 20.7. The number of aliphatic imine (C=N–C) groups is 2. The molecule has 56 heavy (non-hydrogen) atoms. The molecule has 8 aromatic rings. The van der Waals surface area contributed by atoms with Gasteiger partial charge in [-0.15, -0.1) is 0 Å². The van der Waals surface area contributed by atoms with Crippen LogP contribution in [-0.4, -0.2) is 12.6 Å². The summed E-state index contributed by atoms with van der Waals surface area (Å²) in [5, 5.41) is 4.78. The van der Waals surface area contributed by atoms with E-state index >= 15 is 4.57 Å². The molecule has 4 heteroatoms. The fourth-order valence-electron chi connectivity index (χ4n) is 9.19. The maximum Gasteiger partial charge on any atom is 0.171 e. The molecule has 0 saturated heterocycles. The first kappa shape index (κ1) is 33.9. The third-order valence-corrected chi connectivity index (χ3v) is 14.7. The zero-order chi connectivity index (χ0) is 37.7. The summed E-state index contributed by atoms with van der Waals surface area (Å²) in [6, 6.07) is 69.1. The minimum atomic E-state index is -3.15. The van der Waals surface area contributed by atoms with E-state index in [2.05, 4.69) is 127 Å². The van der Waals surface area contributed by atoms with Gasteiger partial charge in [0, 0.05) is 27.0 Å². The molecule has 0 aromatic heterocycles.